The van der Waals surface area contributed by atoms with Crippen molar-refractivity contribution in [2.24, 2.45) is 11.8 Å². The van der Waals surface area contributed by atoms with Gasteiger partial charge in [0.15, 0.2) is 0 Å². The fourth-order valence-corrected chi connectivity index (χ4v) is 2.36. The largest absolute Gasteiger partial charge is 0.271 e. The van der Waals surface area contributed by atoms with Crippen LogP contribution in [0.5, 0.6) is 0 Å². The number of hydrogen-bond acceptors (Lipinski definition) is 3. The van der Waals surface area contributed by atoms with Crippen LogP contribution < -0.4 is 11.3 Å². The maximum atomic E-state index is 5.69. The first-order valence-corrected chi connectivity index (χ1v) is 7.01. The van der Waals surface area contributed by atoms with Gasteiger partial charge in [-0.3, -0.25) is 16.3 Å². The maximum absolute atomic E-state index is 5.69. The predicted octanol–water partition coefficient (Wildman–Crippen LogP) is 3.57. The third-order valence-electron chi connectivity index (χ3n) is 3.49. The molecule has 0 bridgehead atoms. The van der Waals surface area contributed by atoms with Crippen LogP contribution in [0.4, 0.5) is 0 Å². The van der Waals surface area contributed by atoms with Gasteiger partial charge in [0.1, 0.15) is 0 Å². The number of hydrogen-bond donors (Lipinski definition) is 2. The highest BCUT2D eigenvalue weighted by Crippen LogP contribution is 2.22. The van der Waals surface area contributed by atoms with Crippen LogP contribution in [0.2, 0.25) is 0 Å². The summed E-state index contributed by atoms with van der Waals surface area (Å²) < 4.78 is 0. The van der Waals surface area contributed by atoms with Crippen LogP contribution in [0.3, 0.4) is 0 Å². The lowest BCUT2D eigenvalue weighted by Gasteiger charge is -2.17. The Morgan fingerprint density at radius 1 is 1.21 bits per heavy atom. The molecule has 0 amide bonds. The molecule has 1 atom stereocenters. The lowest BCUT2D eigenvalue weighted by molar-refractivity contribution is 0.455. The number of rotatable bonds is 6. The van der Waals surface area contributed by atoms with Gasteiger partial charge in [-0.05, 0) is 30.0 Å². The predicted molar refractivity (Wildman–Crippen MR) is 80.5 cm³/mol. The summed E-state index contributed by atoms with van der Waals surface area (Å²) in [5, 5.41) is 1.17. The molecule has 1 heterocycles. The molecular weight excluding hydrogens is 234 g/mol. The molecule has 0 saturated carbocycles. The molecule has 3 N–H and O–H groups in total. The average molecular weight is 257 g/mol. The van der Waals surface area contributed by atoms with Gasteiger partial charge in [0.25, 0.3) is 0 Å². The molecule has 19 heavy (non-hydrogen) atoms. The summed E-state index contributed by atoms with van der Waals surface area (Å²) in [6.45, 7) is 4.50. The smallest absolute Gasteiger partial charge is 0.0702 e. The maximum Gasteiger partial charge on any atom is 0.0702 e. The van der Waals surface area contributed by atoms with Crippen molar-refractivity contribution in [3.8, 4) is 0 Å². The quantitative estimate of drug-likeness (QED) is 0.614. The van der Waals surface area contributed by atoms with Crippen LogP contribution in [0, 0.1) is 5.92 Å². The van der Waals surface area contributed by atoms with Gasteiger partial charge in [-0.25, -0.2) is 0 Å². The van der Waals surface area contributed by atoms with E-state index in [0.29, 0.717) is 0 Å². The van der Waals surface area contributed by atoms with E-state index < -0.39 is 0 Å². The summed E-state index contributed by atoms with van der Waals surface area (Å²) in [4.78, 5) is 4.50. The minimum absolute atomic E-state index is 0.191. The number of para-hydroxylation sites is 1. The Hall–Kier alpha value is -1.45. The molecular formula is C16H23N3. The highest BCUT2D eigenvalue weighted by atomic mass is 15.2. The summed E-state index contributed by atoms with van der Waals surface area (Å²) >= 11 is 0. The summed E-state index contributed by atoms with van der Waals surface area (Å²) in [6, 6.07) is 10.5. The lowest BCUT2D eigenvalue weighted by Crippen LogP contribution is -2.28. The molecule has 0 aliphatic heterocycles. The minimum atomic E-state index is 0.191. The molecule has 0 saturated heterocycles. The van der Waals surface area contributed by atoms with Gasteiger partial charge >= 0.3 is 0 Å². The van der Waals surface area contributed by atoms with Crippen molar-refractivity contribution in [3.05, 3.63) is 42.1 Å². The summed E-state index contributed by atoms with van der Waals surface area (Å²) in [6.07, 6.45) is 5.40. The fourth-order valence-electron chi connectivity index (χ4n) is 2.36. The van der Waals surface area contributed by atoms with Crippen molar-refractivity contribution in [2.45, 2.75) is 39.2 Å². The standard InChI is InChI=1S/C16H23N3/c1-12(2)6-5-9-16(19-17)14-10-13-7-3-4-8-15(13)18-11-14/h3-4,7-8,10-12,16,19H,5-6,9,17H2,1-2H3. The Morgan fingerprint density at radius 3 is 2.74 bits per heavy atom. The van der Waals surface area contributed by atoms with Crippen molar-refractivity contribution in [1.29, 1.82) is 0 Å². The Labute approximate surface area is 115 Å². The third-order valence-corrected chi connectivity index (χ3v) is 3.49. The van der Waals surface area contributed by atoms with E-state index in [4.69, 9.17) is 5.84 Å². The highest BCUT2D eigenvalue weighted by Gasteiger charge is 2.10. The number of benzene rings is 1. The molecule has 102 valence electrons. The monoisotopic (exact) mass is 257 g/mol. The number of pyridine rings is 1. The molecule has 2 aromatic rings. The minimum Gasteiger partial charge on any atom is -0.271 e. The molecule has 1 unspecified atom stereocenters. The van der Waals surface area contributed by atoms with E-state index in [9.17, 15) is 0 Å². The second kappa shape index (κ2) is 6.64. The SMILES string of the molecule is CC(C)CCCC(NN)c1cnc2ccccc2c1. The molecule has 3 heteroatoms. The second-order valence-electron chi connectivity index (χ2n) is 5.51. The van der Waals surface area contributed by atoms with Gasteiger partial charge in [0.05, 0.1) is 5.52 Å². The van der Waals surface area contributed by atoms with Crippen molar-refractivity contribution in [2.75, 3.05) is 0 Å². The number of nitrogens with one attached hydrogen (secondary N) is 1. The van der Waals surface area contributed by atoms with Crippen LogP contribution in [-0.2, 0) is 0 Å². The number of nitrogens with zero attached hydrogens (tertiary/aromatic N) is 1. The Morgan fingerprint density at radius 2 is 2.00 bits per heavy atom. The lowest BCUT2D eigenvalue weighted by atomic mass is 9.98. The van der Waals surface area contributed by atoms with Crippen molar-refractivity contribution in [1.82, 2.24) is 10.4 Å². The number of aromatic nitrogens is 1. The molecule has 0 fully saturated rings. The van der Waals surface area contributed by atoms with Crippen LogP contribution in [-0.4, -0.2) is 4.98 Å². The Kier molecular flexibility index (Phi) is 4.88. The van der Waals surface area contributed by atoms with E-state index in [1.807, 2.05) is 24.4 Å². The van der Waals surface area contributed by atoms with E-state index >= 15 is 0 Å². The van der Waals surface area contributed by atoms with Gasteiger partial charge < -0.3 is 0 Å². The average Bonchev–Trinajstić information content (AvgIpc) is 2.43. The number of nitrogens with two attached hydrogens (primary N) is 1. The fraction of sp³-hybridized carbons (Fsp3) is 0.438. The first-order valence-electron chi connectivity index (χ1n) is 7.01. The van der Waals surface area contributed by atoms with Crippen molar-refractivity contribution < 1.29 is 0 Å². The zero-order chi connectivity index (χ0) is 13.7. The molecule has 2 rings (SSSR count). The van der Waals surface area contributed by atoms with E-state index in [1.165, 1.54) is 23.8 Å². The molecule has 1 aromatic carbocycles. The number of hydrazine groups is 1. The Bertz CT molecular complexity index is 522. The normalized spacial score (nSPS) is 13.1. The van der Waals surface area contributed by atoms with Crippen molar-refractivity contribution >= 4 is 10.9 Å². The first kappa shape index (κ1) is 14.0. The van der Waals surface area contributed by atoms with Crippen LogP contribution in [0.15, 0.2) is 36.5 Å². The number of fused-ring (bicyclic) bond motifs is 1. The van der Waals surface area contributed by atoms with Gasteiger partial charge in [0, 0.05) is 17.6 Å². The van der Waals surface area contributed by atoms with Gasteiger partial charge in [-0.2, -0.15) is 0 Å². The van der Waals surface area contributed by atoms with Crippen LogP contribution in [0.1, 0.15) is 44.7 Å². The van der Waals surface area contributed by atoms with Crippen molar-refractivity contribution in [3.63, 3.8) is 0 Å². The summed E-state index contributed by atoms with van der Waals surface area (Å²) in [5.74, 6) is 6.43. The van der Waals surface area contributed by atoms with E-state index in [-0.39, 0.29) is 6.04 Å². The second-order valence-corrected chi connectivity index (χ2v) is 5.51. The molecule has 0 aliphatic rings. The molecule has 0 aliphatic carbocycles. The molecule has 3 nitrogen and oxygen atoms in total. The zero-order valence-electron chi connectivity index (χ0n) is 11.8. The molecule has 1 aromatic heterocycles. The Balaban J connectivity index is 2.11. The summed E-state index contributed by atoms with van der Waals surface area (Å²) in [7, 11) is 0. The van der Waals surface area contributed by atoms with Crippen LogP contribution in [0.25, 0.3) is 10.9 Å². The zero-order valence-corrected chi connectivity index (χ0v) is 11.8. The van der Waals surface area contributed by atoms with E-state index in [2.05, 4.69) is 36.4 Å². The van der Waals surface area contributed by atoms with E-state index in [0.717, 1.165) is 17.9 Å². The highest BCUT2D eigenvalue weighted by molar-refractivity contribution is 5.78. The molecule has 0 spiro atoms. The van der Waals surface area contributed by atoms with Gasteiger partial charge in [-0.15, -0.1) is 0 Å². The topological polar surface area (TPSA) is 50.9 Å². The summed E-state index contributed by atoms with van der Waals surface area (Å²) in [5.41, 5.74) is 5.12. The van der Waals surface area contributed by atoms with Crippen LogP contribution >= 0.6 is 0 Å². The molecule has 0 radical (unpaired) electrons. The third kappa shape index (κ3) is 3.75. The van der Waals surface area contributed by atoms with Gasteiger partial charge in [-0.1, -0.05) is 44.9 Å². The van der Waals surface area contributed by atoms with Gasteiger partial charge in [0.2, 0.25) is 0 Å². The van der Waals surface area contributed by atoms with E-state index in [1.54, 1.807) is 0 Å². The first-order chi connectivity index (χ1) is 9.20.